The first-order valence-electron chi connectivity index (χ1n) is 20.9. The normalized spacial score (nSPS) is 22.6. The van der Waals surface area contributed by atoms with E-state index in [4.69, 9.17) is 22.9 Å². The van der Waals surface area contributed by atoms with Gasteiger partial charge in [-0.3, -0.25) is 39.1 Å². The van der Waals surface area contributed by atoms with Crippen LogP contribution in [0.3, 0.4) is 0 Å². The van der Waals surface area contributed by atoms with Crippen molar-refractivity contribution < 1.29 is 28.7 Å². The van der Waals surface area contributed by atoms with Crippen molar-refractivity contribution in [3.05, 3.63) is 93.8 Å². The second-order valence-corrected chi connectivity index (χ2v) is 17.6. The molecule has 0 aromatic heterocycles. The van der Waals surface area contributed by atoms with Crippen molar-refractivity contribution in [2.24, 2.45) is 11.3 Å². The van der Waals surface area contributed by atoms with E-state index in [1.807, 2.05) is 29.2 Å². The highest BCUT2D eigenvalue weighted by atomic mass is 35.5. The fourth-order valence-electron chi connectivity index (χ4n) is 9.95. The number of anilines is 2. The standard InChI is InChI=1S/C45H48ClN7O6/c1-47-38-9-7-34(25-37(38)46)59-33-12-16-45(17-13-33)27-52(28-45)31-4-2-30(3-5-31)42(56)51-22-20-49(21-23-51)26-29-14-18-50(19-15-29)32-6-8-35-36(24-32)44(58)53(43(35)57)39-10-11-40(54)48-41(39)55/h2-9,24-25,29,33,39H,10-23,26-28H2,(H,48,54,55). The van der Waals surface area contributed by atoms with Crippen molar-refractivity contribution in [3.63, 3.8) is 0 Å². The molecule has 4 saturated heterocycles. The Labute approximate surface area is 349 Å². The maximum atomic E-state index is 13.5. The highest BCUT2D eigenvalue weighted by molar-refractivity contribution is 6.33. The summed E-state index contributed by atoms with van der Waals surface area (Å²) >= 11 is 6.21. The smallest absolute Gasteiger partial charge is 0.262 e. The van der Waals surface area contributed by atoms with Gasteiger partial charge in [-0.05, 0) is 105 Å². The Bertz CT molecular complexity index is 2210. The van der Waals surface area contributed by atoms with Gasteiger partial charge in [0, 0.05) is 87.7 Å². The Morgan fingerprint density at radius 2 is 1.49 bits per heavy atom. The van der Waals surface area contributed by atoms with Crippen LogP contribution in [0.1, 0.15) is 82.4 Å². The number of carbonyl (C=O) groups excluding carboxylic acids is 5. The molecule has 0 bridgehead atoms. The molecule has 5 aliphatic heterocycles. The largest absolute Gasteiger partial charge is 0.490 e. The summed E-state index contributed by atoms with van der Waals surface area (Å²) in [6.45, 7) is 15.0. The van der Waals surface area contributed by atoms with Gasteiger partial charge in [0.05, 0.1) is 28.8 Å². The minimum Gasteiger partial charge on any atom is -0.490 e. The summed E-state index contributed by atoms with van der Waals surface area (Å²) in [7, 11) is 0. The van der Waals surface area contributed by atoms with Crippen LogP contribution in [0.5, 0.6) is 5.75 Å². The van der Waals surface area contributed by atoms with Crippen LogP contribution < -0.4 is 19.9 Å². The van der Waals surface area contributed by atoms with Gasteiger partial charge in [0.15, 0.2) is 0 Å². The van der Waals surface area contributed by atoms with E-state index in [1.54, 1.807) is 24.3 Å². The van der Waals surface area contributed by atoms with E-state index >= 15 is 0 Å². The number of ether oxygens (including phenoxy) is 1. The zero-order chi connectivity index (χ0) is 40.8. The van der Waals surface area contributed by atoms with E-state index in [2.05, 4.69) is 37.0 Å². The molecule has 1 spiro atoms. The Hall–Kier alpha value is -5.45. The molecule has 5 fully saturated rings. The summed E-state index contributed by atoms with van der Waals surface area (Å²) in [6, 6.07) is 17.8. The van der Waals surface area contributed by atoms with Crippen LogP contribution in [0.15, 0.2) is 60.7 Å². The van der Waals surface area contributed by atoms with Gasteiger partial charge >= 0.3 is 0 Å². The summed E-state index contributed by atoms with van der Waals surface area (Å²) in [5.74, 6) is -0.632. The first kappa shape index (κ1) is 39.0. The average Bonchev–Trinajstić information content (AvgIpc) is 3.48. The number of hydrogen-bond donors (Lipinski definition) is 1. The van der Waals surface area contributed by atoms with Gasteiger partial charge in [-0.1, -0.05) is 17.7 Å². The molecule has 1 saturated carbocycles. The van der Waals surface area contributed by atoms with Gasteiger partial charge in [-0.25, -0.2) is 4.85 Å². The number of nitrogens with zero attached hydrogens (tertiary/aromatic N) is 6. The number of imide groups is 2. The van der Waals surface area contributed by atoms with Crippen LogP contribution in [-0.4, -0.2) is 115 Å². The van der Waals surface area contributed by atoms with Crippen molar-refractivity contribution in [2.45, 2.75) is 63.5 Å². The molecule has 59 heavy (non-hydrogen) atoms. The third-order valence-corrected chi connectivity index (χ3v) is 13.7. The third kappa shape index (κ3) is 7.76. The molecule has 1 unspecified atom stereocenters. The van der Waals surface area contributed by atoms with Crippen LogP contribution in [0.25, 0.3) is 4.85 Å². The van der Waals surface area contributed by atoms with Gasteiger partial charge in [0.1, 0.15) is 11.8 Å². The van der Waals surface area contributed by atoms with Crippen LogP contribution in [0.4, 0.5) is 17.1 Å². The highest BCUT2D eigenvalue weighted by Gasteiger charge is 2.46. The number of rotatable bonds is 8. The SMILES string of the molecule is [C-]#[N+]c1ccc(OC2CCC3(CC2)CN(c2ccc(C(=O)N4CCN(CC5CCN(c6ccc7c(c6)C(=O)N(C6CCC(=O)NC6=O)C7=O)CC5)CC4)cc2)C3)cc1Cl. The molecular formula is C45H48ClN7O6. The van der Waals surface area contributed by atoms with Gasteiger partial charge in [0.25, 0.3) is 17.7 Å². The number of halogens is 1. The van der Waals surface area contributed by atoms with E-state index in [1.165, 1.54) is 0 Å². The highest BCUT2D eigenvalue weighted by Crippen LogP contribution is 2.46. The first-order valence-corrected chi connectivity index (χ1v) is 21.3. The van der Waals surface area contributed by atoms with Crippen LogP contribution in [0, 0.1) is 17.9 Å². The van der Waals surface area contributed by atoms with E-state index in [0.717, 1.165) is 112 Å². The van der Waals surface area contributed by atoms with E-state index in [0.29, 0.717) is 46.3 Å². The number of fused-ring (bicyclic) bond motifs is 1. The molecule has 5 heterocycles. The Kier molecular flexibility index (Phi) is 10.6. The predicted octanol–water partition coefficient (Wildman–Crippen LogP) is 5.79. The summed E-state index contributed by atoms with van der Waals surface area (Å²) in [5.41, 5.74) is 4.14. The van der Waals surface area contributed by atoms with Gasteiger partial charge in [0.2, 0.25) is 17.5 Å². The van der Waals surface area contributed by atoms with Gasteiger partial charge < -0.3 is 19.4 Å². The summed E-state index contributed by atoms with van der Waals surface area (Å²) in [6.07, 6.45) is 6.61. The minimum absolute atomic E-state index is 0.0858. The van der Waals surface area contributed by atoms with Crippen LogP contribution in [0.2, 0.25) is 5.02 Å². The molecule has 5 amide bonds. The molecule has 3 aromatic carbocycles. The van der Waals surface area contributed by atoms with Crippen molar-refractivity contribution in [1.82, 2.24) is 20.0 Å². The second-order valence-electron chi connectivity index (χ2n) is 17.1. The number of carbonyl (C=O) groups is 5. The molecule has 306 valence electrons. The number of nitrogens with one attached hydrogen (secondary N) is 1. The van der Waals surface area contributed by atoms with Crippen molar-refractivity contribution in [3.8, 4) is 5.75 Å². The van der Waals surface area contributed by atoms with Crippen LogP contribution in [-0.2, 0) is 9.59 Å². The maximum Gasteiger partial charge on any atom is 0.262 e. The molecule has 3 aromatic rings. The molecule has 6 aliphatic rings. The van der Waals surface area contributed by atoms with Crippen molar-refractivity contribution in [1.29, 1.82) is 0 Å². The van der Waals surface area contributed by atoms with E-state index in [-0.39, 0.29) is 24.9 Å². The minimum atomic E-state index is -0.973. The quantitative estimate of drug-likeness (QED) is 0.222. The van der Waals surface area contributed by atoms with Crippen molar-refractivity contribution >= 4 is 58.2 Å². The lowest BCUT2D eigenvalue weighted by Crippen LogP contribution is -2.58. The number of benzene rings is 3. The number of piperazine rings is 1. The summed E-state index contributed by atoms with van der Waals surface area (Å²) in [4.78, 5) is 77.6. The van der Waals surface area contributed by atoms with E-state index < -0.39 is 29.7 Å². The molecule has 0 radical (unpaired) electrons. The third-order valence-electron chi connectivity index (χ3n) is 13.4. The fourth-order valence-corrected chi connectivity index (χ4v) is 10.2. The Morgan fingerprint density at radius 3 is 2.17 bits per heavy atom. The number of piperidine rings is 2. The van der Waals surface area contributed by atoms with Gasteiger partial charge in [-0.2, -0.15) is 0 Å². The van der Waals surface area contributed by atoms with Crippen molar-refractivity contribution in [2.75, 3.05) is 68.7 Å². The predicted molar refractivity (Wildman–Crippen MR) is 222 cm³/mol. The lowest BCUT2D eigenvalue weighted by atomic mass is 9.67. The monoisotopic (exact) mass is 817 g/mol. The molecular weight excluding hydrogens is 770 g/mol. The Morgan fingerprint density at radius 1 is 0.797 bits per heavy atom. The summed E-state index contributed by atoms with van der Waals surface area (Å²) < 4.78 is 6.22. The number of amides is 5. The molecule has 13 nitrogen and oxygen atoms in total. The number of hydrogen-bond acceptors (Lipinski definition) is 9. The second kappa shape index (κ2) is 16.0. The first-order chi connectivity index (χ1) is 28.6. The lowest BCUT2D eigenvalue weighted by Gasteiger charge is -2.54. The lowest BCUT2D eigenvalue weighted by molar-refractivity contribution is -0.136. The zero-order valence-corrected chi connectivity index (χ0v) is 33.8. The van der Waals surface area contributed by atoms with E-state index in [9.17, 15) is 24.0 Å². The van der Waals surface area contributed by atoms with Gasteiger partial charge in [-0.15, -0.1) is 0 Å². The molecule has 14 heteroatoms. The topological polar surface area (TPSA) is 127 Å². The summed E-state index contributed by atoms with van der Waals surface area (Å²) in [5, 5.41) is 2.67. The zero-order valence-electron chi connectivity index (χ0n) is 33.0. The Balaban J connectivity index is 0.697. The molecule has 1 aliphatic carbocycles. The molecule has 1 N–H and O–H groups in total. The fraction of sp³-hybridized carbons (Fsp3) is 0.467. The average molecular weight is 818 g/mol. The molecule has 9 rings (SSSR count). The molecule has 1 atom stereocenters. The maximum absolute atomic E-state index is 13.5. The van der Waals surface area contributed by atoms with Crippen LogP contribution >= 0.6 is 11.6 Å².